The Hall–Kier alpha value is -2.18. The van der Waals surface area contributed by atoms with Gasteiger partial charge in [0.25, 0.3) is 0 Å². The van der Waals surface area contributed by atoms with Crippen LogP contribution >= 0.6 is 11.3 Å². The molecule has 2 N–H and O–H groups in total. The first-order chi connectivity index (χ1) is 10.2. The maximum absolute atomic E-state index is 6.34. The van der Waals surface area contributed by atoms with Gasteiger partial charge in [0.05, 0.1) is 26.5 Å². The monoisotopic (exact) mass is 301 g/mol. The van der Waals surface area contributed by atoms with Gasteiger partial charge in [0.2, 0.25) is 11.8 Å². The van der Waals surface area contributed by atoms with Gasteiger partial charge in [-0.05, 0) is 17.5 Å². The molecule has 2 heterocycles. The Morgan fingerprint density at radius 2 is 2.00 bits per heavy atom. The fourth-order valence-electron chi connectivity index (χ4n) is 2.12. The lowest BCUT2D eigenvalue weighted by molar-refractivity contribution is 0.355. The zero-order chi connectivity index (χ0) is 14.8. The van der Waals surface area contributed by atoms with Crippen molar-refractivity contribution in [3.8, 4) is 11.8 Å². The van der Waals surface area contributed by atoms with Crippen LogP contribution in [0.4, 0.5) is 0 Å². The standard InChI is InChI=1S/C15H15N3O2S/c1-19-12-8-17-14(15(18-12)20-2)13(16)11-7-9-5-3-4-6-10(9)21-11/h3-8,13H,16H2,1-2H3. The molecule has 3 aromatic rings. The lowest BCUT2D eigenvalue weighted by Gasteiger charge is -2.12. The van der Waals surface area contributed by atoms with Crippen molar-refractivity contribution in [2.75, 3.05) is 14.2 Å². The molecule has 0 aliphatic carbocycles. The average Bonchev–Trinajstić information content (AvgIpc) is 2.97. The van der Waals surface area contributed by atoms with Crippen molar-refractivity contribution in [3.05, 3.63) is 47.1 Å². The quantitative estimate of drug-likeness (QED) is 0.802. The SMILES string of the molecule is COc1cnc(C(N)c2cc3ccccc3s2)c(OC)n1. The highest BCUT2D eigenvalue weighted by Crippen LogP contribution is 2.33. The van der Waals surface area contributed by atoms with Crippen molar-refractivity contribution in [2.45, 2.75) is 6.04 Å². The summed E-state index contributed by atoms with van der Waals surface area (Å²) >= 11 is 1.65. The maximum atomic E-state index is 6.34. The molecule has 1 atom stereocenters. The van der Waals surface area contributed by atoms with Crippen molar-refractivity contribution in [2.24, 2.45) is 5.73 Å². The summed E-state index contributed by atoms with van der Waals surface area (Å²) in [4.78, 5) is 9.59. The van der Waals surface area contributed by atoms with Crippen LogP contribution in [0.1, 0.15) is 16.6 Å². The van der Waals surface area contributed by atoms with Gasteiger partial charge in [-0.3, -0.25) is 0 Å². The summed E-state index contributed by atoms with van der Waals surface area (Å²) in [6.45, 7) is 0. The van der Waals surface area contributed by atoms with E-state index in [-0.39, 0.29) is 6.04 Å². The van der Waals surface area contributed by atoms with Gasteiger partial charge in [-0.2, -0.15) is 4.98 Å². The summed E-state index contributed by atoms with van der Waals surface area (Å²) in [6.07, 6.45) is 1.55. The second kappa shape index (κ2) is 5.67. The third-order valence-electron chi connectivity index (χ3n) is 3.19. The van der Waals surface area contributed by atoms with E-state index in [4.69, 9.17) is 15.2 Å². The minimum Gasteiger partial charge on any atom is -0.480 e. The zero-order valence-corrected chi connectivity index (χ0v) is 12.6. The lowest BCUT2D eigenvalue weighted by atomic mass is 10.1. The fraction of sp³-hybridized carbons (Fsp3) is 0.200. The number of aromatic nitrogens is 2. The number of rotatable bonds is 4. The Kier molecular flexibility index (Phi) is 3.72. The number of hydrogen-bond donors (Lipinski definition) is 1. The third kappa shape index (κ3) is 2.55. The van der Waals surface area contributed by atoms with Crippen LogP contribution in [0.3, 0.4) is 0 Å². The van der Waals surface area contributed by atoms with E-state index in [2.05, 4.69) is 28.2 Å². The molecule has 0 fully saturated rings. The number of nitrogens with two attached hydrogens (primary N) is 1. The Morgan fingerprint density at radius 1 is 1.19 bits per heavy atom. The molecule has 0 saturated heterocycles. The van der Waals surface area contributed by atoms with Crippen molar-refractivity contribution < 1.29 is 9.47 Å². The van der Waals surface area contributed by atoms with Crippen LogP contribution in [0.5, 0.6) is 11.8 Å². The van der Waals surface area contributed by atoms with Gasteiger partial charge in [0.15, 0.2) is 0 Å². The van der Waals surface area contributed by atoms with Gasteiger partial charge in [-0.25, -0.2) is 4.98 Å². The smallest absolute Gasteiger partial charge is 0.240 e. The van der Waals surface area contributed by atoms with Gasteiger partial charge < -0.3 is 15.2 Å². The van der Waals surface area contributed by atoms with Gasteiger partial charge >= 0.3 is 0 Å². The summed E-state index contributed by atoms with van der Waals surface area (Å²) in [5.74, 6) is 0.790. The van der Waals surface area contributed by atoms with Crippen LogP contribution in [-0.2, 0) is 0 Å². The average molecular weight is 301 g/mol. The number of methoxy groups -OCH3 is 2. The summed E-state index contributed by atoms with van der Waals surface area (Å²) in [6, 6.07) is 9.87. The van der Waals surface area contributed by atoms with E-state index in [0.29, 0.717) is 17.5 Å². The zero-order valence-electron chi connectivity index (χ0n) is 11.7. The molecule has 0 saturated carbocycles. The highest BCUT2D eigenvalue weighted by Gasteiger charge is 2.20. The van der Waals surface area contributed by atoms with E-state index in [1.807, 2.05) is 12.1 Å². The van der Waals surface area contributed by atoms with E-state index in [0.717, 1.165) is 4.88 Å². The first-order valence-corrected chi connectivity index (χ1v) is 7.23. The van der Waals surface area contributed by atoms with E-state index < -0.39 is 0 Å². The van der Waals surface area contributed by atoms with Crippen molar-refractivity contribution in [1.82, 2.24) is 9.97 Å². The first kappa shape index (κ1) is 13.8. The molecule has 2 aromatic heterocycles. The first-order valence-electron chi connectivity index (χ1n) is 6.42. The Labute approximate surface area is 126 Å². The number of benzene rings is 1. The summed E-state index contributed by atoms with van der Waals surface area (Å²) in [5.41, 5.74) is 6.94. The fourth-order valence-corrected chi connectivity index (χ4v) is 3.19. The Morgan fingerprint density at radius 3 is 2.71 bits per heavy atom. The van der Waals surface area contributed by atoms with Crippen LogP contribution in [-0.4, -0.2) is 24.2 Å². The minimum atomic E-state index is -0.379. The molecule has 1 unspecified atom stereocenters. The summed E-state index contributed by atoms with van der Waals surface area (Å²) in [5, 5.41) is 1.17. The normalized spacial score (nSPS) is 12.3. The molecule has 108 valence electrons. The highest BCUT2D eigenvalue weighted by atomic mass is 32.1. The van der Waals surface area contributed by atoms with Crippen LogP contribution in [0.15, 0.2) is 36.5 Å². The van der Waals surface area contributed by atoms with Crippen LogP contribution < -0.4 is 15.2 Å². The number of thiophene rings is 1. The molecular formula is C15H15N3O2S. The van der Waals surface area contributed by atoms with Gasteiger partial charge in [-0.15, -0.1) is 11.3 Å². The van der Waals surface area contributed by atoms with E-state index in [1.165, 1.54) is 17.2 Å². The molecule has 6 heteroatoms. The lowest BCUT2D eigenvalue weighted by Crippen LogP contribution is -2.14. The van der Waals surface area contributed by atoms with Crippen LogP contribution in [0.25, 0.3) is 10.1 Å². The third-order valence-corrected chi connectivity index (χ3v) is 4.39. The molecule has 3 rings (SSSR count). The number of hydrogen-bond acceptors (Lipinski definition) is 6. The van der Waals surface area contributed by atoms with Crippen molar-refractivity contribution in [3.63, 3.8) is 0 Å². The Balaban J connectivity index is 2.02. The van der Waals surface area contributed by atoms with E-state index in [1.54, 1.807) is 24.6 Å². The maximum Gasteiger partial charge on any atom is 0.240 e. The van der Waals surface area contributed by atoms with Crippen LogP contribution in [0, 0.1) is 0 Å². The van der Waals surface area contributed by atoms with E-state index >= 15 is 0 Å². The number of fused-ring (bicyclic) bond motifs is 1. The minimum absolute atomic E-state index is 0.379. The number of nitrogens with zero attached hydrogens (tertiary/aromatic N) is 2. The number of ether oxygens (including phenoxy) is 2. The van der Waals surface area contributed by atoms with Crippen LogP contribution in [0.2, 0.25) is 0 Å². The second-order valence-corrected chi connectivity index (χ2v) is 5.59. The second-order valence-electron chi connectivity index (χ2n) is 4.47. The highest BCUT2D eigenvalue weighted by molar-refractivity contribution is 7.19. The largest absolute Gasteiger partial charge is 0.480 e. The van der Waals surface area contributed by atoms with Gasteiger partial charge in [0.1, 0.15) is 5.69 Å². The molecule has 5 nitrogen and oxygen atoms in total. The predicted molar refractivity (Wildman–Crippen MR) is 83.0 cm³/mol. The Bertz CT molecular complexity index is 739. The molecular weight excluding hydrogens is 286 g/mol. The van der Waals surface area contributed by atoms with Crippen molar-refractivity contribution >= 4 is 21.4 Å². The molecule has 0 radical (unpaired) electrons. The molecule has 0 aliphatic heterocycles. The summed E-state index contributed by atoms with van der Waals surface area (Å²) in [7, 11) is 3.08. The molecule has 0 spiro atoms. The summed E-state index contributed by atoms with van der Waals surface area (Å²) < 4.78 is 11.5. The van der Waals surface area contributed by atoms with E-state index in [9.17, 15) is 0 Å². The molecule has 0 aliphatic rings. The topological polar surface area (TPSA) is 70.3 Å². The molecule has 0 bridgehead atoms. The molecule has 0 amide bonds. The van der Waals surface area contributed by atoms with Gasteiger partial charge in [-0.1, -0.05) is 18.2 Å². The van der Waals surface area contributed by atoms with Crippen molar-refractivity contribution in [1.29, 1.82) is 0 Å². The molecule has 21 heavy (non-hydrogen) atoms. The van der Waals surface area contributed by atoms with Gasteiger partial charge in [0, 0.05) is 9.58 Å². The predicted octanol–water partition coefficient (Wildman–Crippen LogP) is 2.76. The molecule has 1 aromatic carbocycles.